The van der Waals surface area contributed by atoms with Crippen LogP contribution in [0.1, 0.15) is 20.8 Å². The Morgan fingerprint density at radius 2 is 1.29 bits per heavy atom. The van der Waals surface area contributed by atoms with E-state index in [9.17, 15) is 4.79 Å². The van der Waals surface area contributed by atoms with Gasteiger partial charge in [-0.3, -0.25) is 0 Å². The molecule has 0 N–H and O–H groups in total. The quantitative estimate of drug-likeness (QED) is 0.171. The molecule has 0 spiro atoms. The molecule has 3 rings (SSSR count). The van der Waals surface area contributed by atoms with Crippen molar-refractivity contribution in [3.63, 3.8) is 0 Å². The molecule has 0 amide bonds. The van der Waals surface area contributed by atoms with E-state index in [2.05, 4.69) is 71.1 Å². The molecule has 0 aliphatic heterocycles. The van der Waals surface area contributed by atoms with Crippen molar-refractivity contribution < 1.29 is 14.3 Å². The molecule has 0 saturated carbocycles. The molecule has 3 aromatic rings. The average molecular weight is 505 g/mol. The molecule has 28 heavy (non-hydrogen) atoms. The lowest BCUT2D eigenvalue weighted by Crippen LogP contribution is -2.25. The highest BCUT2D eigenvalue weighted by Gasteiger charge is 2.28. The smallest absolute Gasteiger partial charge is 0.428 e. The second kappa shape index (κ2) is 9.01. The number of carbonyl (C=O) groups excluding carboxylic acids is 1. The Labute approximate surface area is 182 Å². The summed E-state index contributed by atoms with van der Waals surface area (Å²) in [6.45, 7) is 5.43. The van der Waals surface area contributed by atoms with Crippen molar-refractivity contribution >= 4 is 39.6 Å². The molecule has 5 heteroatoms. The van der Waals surface area contributed by atoms with Gasteiger partial charge in [0.1, 0.15) is 11.4 Å². The van der Waals surface area contributed by atoms with Crippen LogP contribution in [0.15, 0.2) is 93.5 Å². The van der Waals surface area contributed by atoms with E-state index in [-0.39, 0.29) is 10.9 Å². The van der Waals surface area contributed by atoms with Crippen molar-refractivity contribution in [2.24, 2.45) is 0 Å². The fourth-order valence-electron chi connectivity index (χ4n) is 2.55. The minimum atomic E-state index is -0.694. The molecule has 0 aliphatic rings. The third-order valence-corrected chi connectivity index (χ3v) is 6.63. The number of hydrogen-bond donors (Lipinski definition) is 0. The Kier molecular flexibility index (Phi) is 6.67. The van der Waals surface area contributed by atoms with Crippen molar-refractivity contribution in [3.05, 3.63) is 82.4 Å². The summed E-state index contributed by atoms with van der Waals surface area (Å²) in [6, 6.07) is 26.7. The lowest BCUT2D eigenvalue weighted by Gasteiger charge is -2.18. The molecule has 144 valence electrons. The molecular formula is C23H22IO3S+. The topological polar surface area (TPSA) is 35.5 Å². The number of ether oxygens (including phenoxy) is 2. The van der Waals surface area contributed by atoms with Gasteiger partial charge in [0, 0.05) is 3.57 Å². The summed E-state index contributed by atoms with van der Waals surface area (Å²) in [7, 11) is -0.235. The molecule has 0 aliphatic carbocycles. The third-order valence-electron chi connectivity index (χ3n) is 3.68. The Balaban J connectivity index is 1.87. The van der Waals surface area contributed by atoms with E-state index in [1.807, 2.05) is 51.1 Å². The third kappa shape index (κ3) is 5.75. The van der Waals surface area contributed by atoms with Crippen LogP contribution in [0.25, 0.3) is 0 Å². The molecular weight excluding hydrogens is 483 g/mol. The summed E-state index contributed by atoms with van der Waals surface area (Å²) in [5.41, 5.74) is -0.582. The summed E-state index contributed by atoms with van der Waals surface area (Å²) in [6.07, 6.45) is -0.694. The monoisotopic (exact) mass is 505 g/mol. The average Bonchev–Trinajstić information content (AvgIpc) is 2.64. The minimum absolute atomic E-state index is 0.235. The maximum absolute atomic E-state index is 11.9. The molecule has 0 fully saturated rings. The second-order valence-electron chi connectivity index (χ2n) is 7.11. The fraction of sp³-hybridized carbons (Fsp3) is 0.174. The SMILES string of the molecule is CC(C)(C)OC(=O)Oc1ccc([S+](c2ccccc2)c2ccc(I)cc2)cc1. The zero-order valence-electron chi connectivity index (χ0n) is 16.0. The molecule has 3 nitrogen and oxygen atoms in total. The molecule has 0 heterocycles. The molecule has 3 aromatic carbocycles. The van der Waals surface area contributed by atoms with Crippen LogP contribution in [0.2, 0.25) is 0 Å². The van der Waals surface area contributed by atoms with Gasteiger partial charge in [0.15, 0.2) is 14.7 Å². The molecule has 0 bridgehead atoms. The minimum Gasteiger partial charge on any atom is -0.428 e. The van der Waals surface area contributed by atoms with E-state index in [1.54, 1.807) is 0 Å². The van der Waals surface area contributed by atoms with E-state index < -0.39 is 11.8 Å². The Morgan fingerprint density at radius 1 is 0.786 bits per heavy atom. The van der Waals surface area contributed by atoms with Crippen molar-refractivity contribution in [1.82, 2.24) is 0 Å². The fourth-order valence-corrected chi connectivity index (χ4v) is 4.97. The van der Waals surface area contributed by atoms with E-state index >= 15 is 0 Å². The zero-order valence-corrected chi connectivity index (χ0v) is 19.0. The number of hydrogen-bond acceptors (Lipinski definition) is 3. The maximum atomic E-state index is 11.9. The van der Waals surface area contributed by atoms with Crippen LogP contribution < -0.4 is 4.74 Å². The van der Waals surface area contributed by atoms with Gasteiger partial charge in [0.25, 0.3) is 0 Å². The number of benzene rings is 3. The number of halogens is 1. The highest BCUT2D eigenvalue weighted by Crippen LogP contribution is 2.32. The van der Waals surface area contributed by atoms with Gasteiger partial charge in [0.05, 0.1) is 10.9 Å². The predicted octanol–water partition coefficient (Wildman–Crippen LogP) is 6.70. The van der Waals surface area contributed by atoms with Crippen LogP contribution in [-0.4, -0.2) is 11.8 Å². The first kappa shape index (κ1) is 20.7. The van der Waals surface area contributed by atoms with Crippen molar-refractivity contribution in [1.29, 1.82) is 0 Å². The normalized spacial score (nSPS) is 12.3. The summed E-state index contributed by atoms with van der Waals surface area (Å²) in [4.78, 5) is 15.5. The van der Waals surface area contributed by atoms with Crippen LogP contribution in [-0.2, 0) is 15.6 Å². The van der Waals surface area contributed by atoms with Gasteiger partial charge in [0.2, 0.25) is 0 Å². The summed E-state index contributed by atoms with van der Waals surface area (Å²) in [5, 5.41) is 0. The molecule has 0 aromatic heterocycles. The van der Waals surface area contributed by atoms with Crippen molar-refractivity contribution in [3.8, 4) is 5.75 Å². The lowest BCUT2D eigenvalue weighted by molar-refractivity contribution is 0.0206. The van der Waals surface area contributed by atoms with E-state index in [4.69, 9.17) is 9.47 Å². The first-order chi connectivity index (χ1) is 13.3. The maximum Gasteiger partial charge on any atom is 0.514 e. The summed E-state index contributed by atoms with van der Waals surface area (Å²) >= 11 is 2.32. The van der Waals surface area contributed by atoms with Gasteiger partial charge in [-0.05, 0) is 104 Å². The molecule has 1 unspecified atom stereocenters. The van der Waals surface area contributed by atoms with Gasteiger partial charge in [-0.2, -0.15) is 0 Å². The standard InChI is InChI=1S/C23H22IO3S/c1-23(2,3)27-22(25)26-18-11-15-21(16-12-18)28(19-7-5-4-6-8-19)20-13-9-17(24)10-14-20/h4-16H,1-3H3/q+1. The van der Waals surface area contributed by atoms with Crippen LogP contribution >= 0.6 is 22.6 Å². The summed E-state index contributed by atoms with van der Waals surface area (Å²) in [5.74, 6) is 0.470. The Morgan fingerprint density at radius 3 is 1.82 bits per heavy atom. The number of carbonyl (C=O) groups is 1. The van der Waals surface area contributed by atoms with Crippen molar-refractivity contribution in [2.45, 2.75) is 41.1 Å². The Bertz CT molecular complexity index is 917. The van der Waals surface area contributed by atoms with Gasteiger partial charge in [-0.1, -0.05) is 18.2 Å². The second-order valence-corrected chi connectivity index (χ2v) is 10.4. The van der Waals surface area contributed by atoms with E-state index in [0.29, 0.717) is 5.75 Å². The van der Waals surface area contributed by atoms with Crippen LogP contribution in [0.4, 0.5) is 4.79 Å². The van der Waals surface area contributed by atoms with E-state index in [1.165, 1.54) is 13.4 Å². The predicted molar refractivity (Wildman–Crippen MR) is 121 cm³/mol. The van der Waals surface area contributed by atoms with Crippen LogP contribution in [0.5, 0.6) is 5.75 Å². The molecule has 0 radical (unpaired) electrons. The van der Waals surface area contributed by atoms with Crippen LogP contribution in [0, 0.1) is 3.57 Å². The Hall–Kier alpha value is -1.99. The highest BCUT2D eigenvalue weighted by molar-refractivity contribution is 14.1. The van der Waals surface area contributed by atoms with E-state index in [0.717, 1.165) is 4.90 Å². The van der Waals surface area contributed by atoms with Gasteiger partial charge < -0.3 is 9.47 Å². The summed E-state index contributed by atoms with van der Waals surface area (Å²) < 4.78 is 11.7. The first-order valence-corrected chi connectivity index (χ1v) is 11.2. The first-order valence-electron chi connectivity index (χ1n) is 8.88. The van der Waals surface area contributed by atoms with Crippen molar-refractivity contribution in [2.75, 3.05) is 0 Å². The molecule has 0 saturated heterocycles. The zero-order chi connectivity index (χ0) is 20.1. The van der Waals surface area contributed by atoms with Gasteiger partial charge >= 0.3 is 6.16 Å². The van der Waals surface area contributed by atoms with Crippen LogP contribution in [0.3, 0.4) is 0 Å². The van der Waals surface area contributed by atoms with Gasteiger partial charge in [-0.25, -0.2) is 4.79 Å². The molecule has 1 atom stereocenters. The van der Waals surface area contributed by atoms with Gasteiger partial charge in [-0.15, -0.1) is 0 Å². The number of rotatable bonds is 4. The largest absolute Gasteiger partial charge is 0.514 e. The highest BCUT2D eigenvalue weighted by atomic mass is 127. The lowest BCUT2D eigenvalue weighted by atomic mass is 10.2.